The molecule has 5 aromatic rings. The summed E-state index contributed by atoms with van der Waals surface area (Å²) in [4.78, 5) is 25.4. The Kier molecular flexibility index (Phi) is 5.30. The van der Waals surface area contributed by atoms with Gasteiger partial charge in [-0.25, -0.2) is 18.0 Å². The highest BCUT2D eigenvalue weighted by Gasteiger charge is 2.20. The third-order valence-corrected chi connectivity index (χ3v) is 5.19. The van der Waals surface area contributed by atoms with E-state index in [2.05, 4.69) is 20.7 Å². The van der Waals surface area contributed by atoms with Gasteiger partial charge in [0.15, 0.2) is 11.2 Å². The van der Waals surface area contributed by atoms with Crippen LogP contribution in [0.5, 0.6) is 0 Å². The van der Waals surface area contributed by atoms with Crippen molar-refractivity contribution in [2.75, 3.05) is 12.5 Å². The topological polar surface area (TPSA) is 103 Å². The maximum atomic E-state index is 13.4. The Bertz CT molecular complexity index is 1590. The average molecular weight is 462 g/mol. The number of carbonyl (C=O) groups is 1. The maximum absolute atomic E-state index is 13.4. The van der Waals surface area contributed by atoms with Crippen LogP contribution in [0.25, 0.3) is 27.8 Å². The van der Waals surface area contributed by atoms with Crippen LogP contribution in [0.15, 0.2) is 65.6 Å². The number of nitrogens with one attached hydrogen (secondary N) is 1. The molecule has 0 saturated carbocycles. The Morgan fingerprint density at radius 2 is 1.68 bits per heavy atom. The van der Waals surface area contributed by atoms with Crippen LogP contribution in [0.2, 0.25) is 0 Å². The molecule has 1 N–H and O–H groups in total. The fourth-order valence-electron chi connectivity index (χ4n) is 3.60. The van der Waals surface area contributed by atoms with Gasteiger partial charge in [0.2, 0.25) is 0 Å². The first-order chi connectivity index (χ1) is 16.5. The summed E-state index contributed by atoms with van der Waals surface area (Å²) in [5.74, 6) is -1.46. The van der Waals surface area contributed by atoms with Gasteiger partial charge in [-0.1, -0.05) is 12.1 Å². The predicted octanol–water partition coefficient (Wildman–Crippen LogP) is 2.91. The van der Waals surface area contributed by atoms with E-state index in [4.69, 9.17) is 4.74 Å². The van der Waals surface area contributed by atoms with Crippen molar-refractivity contribution in [1.29, 1.82) is 0 Å². The molecule has 0 fully saturated rings. The molecule has 0 atom stereocenters. The molecular formula is C23H16F2N6O3. The smallest absolute Gasteiger partial charge is 0.299 e. The van der Waals surface area contributed by atoms with Crippen molar-refractivity contribution in [3.05, 3.63) is 94.0 Å². The second-order valence-electron chi connectivity index (χ2n) is 7.37. The Labute approximate surface area is 190 Å². The van der Waals surface area contributed by atoms with Gasteiger partial charge in [0.25, 0.3) is 11.5 Å². The molecule has 3 heterocycles. The van der Waals surface area contributed by atoms with E-state index in [1.165, 1.54) is 42.1 Å². The number of halogens is 2. The molecule has 0 saturated heterocycles. The summed E-state index contributed by atoms with van der Waals surface area (Å²) in [6, 6.07) is 12.3. The minimum atomic E-state index is -0.630. The van der Waals surface area contributed by atoms with Crippen molar-refractivity contribution in [3.8, 4) is 11.1 Å². The lowest BCUT2D eigenvalue weighted by Gasteiger charge is -2.09. The van der Waals surface area contributed by atoms with Crippen LogP contribution in [0.1, 0.15) is 16.1 Å². The fraction of sp³-hybridized carbons (Fsp3) is 0.0870. The highest BCUT2D eigenvalue weighted by molar-refractivity contribution is 6.00. The molecule has 170 valence electrons. The van der Waals surface area contributed by atoms with E-state index in [-0.39, 0.29) is 23.5 Å². The van der Waals surface area contributed by atoms with E-state index in [0.29, 0.717) is 28.0 Å². The minimum Gasteiger partial charge on any atom is -0.378 e. The van der Waals surface area contributed by atoms with Gasteiger partial charge in [0.05, 0.1) is 17.9 Å². The van der Waals surface area contributed by atoms with Crippen molar-refractivity contribution in [2.45, 2.75) is 6.61 Å². The van der Waals surface area contributed by atoms with Gasteiger partial charge in [0, 0.05) is 18.9 Å². The van der Waals surface area contributed by atoms with Crippen LogP contribution in [0.4, 0.5) is 8.78 Å². The monoisotopic (exact) mass is 462 g/mol. The van der Waals surface area contributed by atoms with Gasteiger partial charge >= 0.3 is 0 Å². The molecule has 0 bridgehead atoms. The van der Waals surface area contributed by atoms with Crippen LogP contribution in [-0.2, 0) is 11.3 Å². The number of rotatable bonds is 5. The normalized spacial score (nSPS) is 11.3. The highest BCUT2D eigenvalue weighted by atomic mass is 19.1. The largest absolute Gasteiger partial charge is 0.378 e. The molecule has 1 amide bonds. The number of carbonyl (C=O) groups excluding carboxylic acids is 1. The summed E-state index contributed by atoms with van der Waals surface area (Å²) in [6.07, 6.45) is 1.36. The number of hydrogen-bond donors (Lipinski definition) is 1. The standard InChI is InChI=1S/C23H16F2N6O3/c1-34-12-17-19(13-2-6-15(24)7-3-13)21-27-26-20-18(31(21)28-17)10-11-30(23(20)33)29-22(32)14-4-8-16(25)9-5-14/h2-11H,12H2,1H3,(H,29,32). The van der Waals surface area contributed by atoms with Crippen molar-refractivity contribution in [1.82, 2.24) is 24.5 Å². The highest BCUT2D eigenvalue weighted by Crippen LogP contribution is 2.29. The van der Waals surface area contributed by atoms with E-state index < -0.39 is 17.3 Å². The predicted molar refractivity (Wildman–Crippen MR) is 119 cm³/mol. The summed E-state index contributed by atoms with van der Waals surface area (Å²) in [5.41, 5.74) is 4.47. The molecule has 0 aliphatic heterocycles. The Morgan fingerprint density at radius 1 is 1.00 bits per heavy atom. The van der Waals surface area contributed by atoms with Crippen LogP contribution in [-0.4, -0.2) is 37.5 Å². The zero-order valence-electron chi connectivity index (χ0n) is 17.7. The fourth-order valence-corrected chi connectivity index (χ4v) is 3.60. The first-order valence-corrected chi connectivity index (χ1v) is 10.1. The Hall–Kier alpha value is -4.51. The van der Waals surface area contributed by atoms with E-state index >= 15 is 0 Å². The first-order valence-electron chi connectivity index (χ1n) is 10.1. The zero-order valence-corrected chi connectivity index (χ0v) is 17.7. The summed E-state index contributed by atoms with van der Waals surface area (Å²) >= 11 is 0. The van der Waals surface area contributed by atoms with Crippen LogP contribution in [0, 0.1) is 11.6 Å². The number of ether oxygens (including phenoxy) is 1. The van der Waals surface area contributed by atoms with E-state index in [9.17, 15) is 18.4 Å². The Morgan fingerprint density at radius 3 is 2.35 bits per heavy atom. The lowest BCUT2D eigenvalue weighted by Crippen LogP contribution is -2.33. The molecule has 0 aliphatic rings. The van der Waals surface area contributed by atoms with Crippen molar-refractivity contribution in [2.24, 2.45) is 0 Å². The molecule has 5 rings (SSSR count). The number of fused-ring (bicyclic) bond motifs is 3. The van der Waals surface area contributed by atoms with Crippen LogP contribution in [0.3, 0.4) is 0 Å². The third-order valence-electron chi connectivity index (χ3n) is 5.19. The number of hydrogen-bond acceptors (Lipinski definition) is 6. The average Bonchev–Trinajstić information content (AvgIpc) is 3.20. The maximum Gasteiger partial charge on any atom is 0.299 e. The van der Waals surface area contributed by atoms with Gasteiger partial charge in [-0.05, 0) is 48.0 Å². The lowest BCUT2D eigenvalue weighted by molar-refractivity contribution is 0.101. The summed E-state index contributed by atoms with van der Waals surface area (Å²) < 4.78 is 34.2. The first kappa shape index (κ1) is 21.3. The summed E-state index contributed by atoms with van der Waals surface area (Å²) in [5, 5.41) is 12.8. The number of methoxy groups -OCH3 is 1. The summed E-state index contributed by atoms with van der Waals surface area (Å²) in [7, 11) is 1.52. The molecule has 34 heavy (non-hydrogen) atoms. The lowest BCUT2D eigenvalue weighted by atomic mass is 10.1. The number of pyridine rings is 1. The van der Waals surface area contributed by atoms with Gasteiger partial charge in [-0.2, -0.15) is 5.10 Å². The van der Waals surface area contributed by atoms with Gasteiger partial charge in [-0.3, -0.25) is 15.0 Å². The molecule has 3 aromatic heterocycles. The Balaban J connectivity index is 1.61. The van der Waals surface area contributed by atoms with Crippen molar-refractivity contribution in [3.63, 3.8) is 0 Å². The number of aromatic nitrogens is 5. The van der Waals surface area contributed by atoms with Crippen LogP contribution >= 0.6 is 0 Å². The minimum absolute atomic E-state index is 0.0356. The molecule has 11 heteroatoms. The van der Waals surface area contributed by atoms with Gasteiger partial charge in [-0.15, -0.1) is 10.2 Å². The third kappa shape index (κ3) is 3.67. The SMILES string of the molecule is COCc1nn2c(nnc3c(=O)n(NC(=O)c4ccc(F)cc4)ccc32)c1-c1ccc(F)cc1. The van der Waals surface area contributed by atoms with Crippen molar-refractivity contribution >= 4 is 22.6 Å². The molecule has 0 spiro atoms. The molecule has 0 unspecified atom stereocenters. The number of benzene rings is 2. The second kappa shape index (κ2) is 8.45. The van der Waals surface area contributed by atoms with E-state index in [0.717, 1.165) is 16.8 Å². The molecule has 0 radical (unpaired) electrons. The number of nitrogens with zero attached hydrogens (tertiary/aromatic N) is 5. The number of amides is 1. The van der Waals surface area contributed by atoms with E-state index in [1.807, 2.05) is 0 Å². The molecule has 9 nitrogen and oxygen atoms in total. The molecule has 0 aliphatic carbocycles. The second-order valence-corrected chi connectivity index (χ2v) is 7.37. The van der Waals surface area contributed by atoms with Gasteiger partial charge in [0.1, 0.15) is 17.2 Å². The van der Waals surface area contributed by atoms with Crippen molar-refractivity contribution < 1.29 is 18.3 Å². The molecule has 2 aromatic carbocycles. The summed E-state index contributed by atoms with van der Waals surface area (Å²) in [6.45, 7) is 0.155. The van der Waals surface area contributed by atoms with E-state index in [1.54, 1.807) is 18.2 Å². The van der Waals surface area contributed by atoms with Crippen LogP contribution < -0.4 is 11.0 Å². The molecular weight excluding hydrogens is 446 g/mol. The zero-order chi connectivity index (χ0) is 23.8. The quantitative estimate of drug-likeness (QED) is 0.431. The van der Waals surface area contributed by atoms with Gasteiger partial charge < -0.3 is 4.74 Å².